The predicted octanol–water partition coefficient (Wildman–Crippen LogP) is 4.95. The van der Waals surface area contributed by atoms with Crippen LogP contribution in [-0.2, 0) is 12.8 Å². The van der Waals surface area contributed by atoms with E-state index in [1.807, 2.05) is 20.8 Å². The molecule has 2 aromatic rings. The Kier molecular flexibility index (Phi) is 8.52. The van der Waals surface area contributed by atoms with Gasteiger partial charge < -0.3 is 15.2 Å². The van der Waals surface area contributed by atoms with E-state index in [-0.39, 0.29) is 29.0 Å². The molecule has 0 bridgehead atoms. The van der Waals surface area contributed by atoms with Gasteiger partial charge in [-0.2, -0.15) is 8.78 Å². The first-order valence-electron chi connectivity index (χ1n) is 11.7. The number of rotatable bonds is 9. The number of hydrogen-bond acceptors (Lipinski definition) is 5. The van der Waals surface area contributed by atoms with E-state index in [0.29, 0.717) is 43.3 Å². The minimum absolute atomic E-state index is 0.0427. The Morgan fingerprint density at radius 3 is 2.65 bits per heavy atom. The molecule has 1 aliphatic carbocycles. The third-order valence-electron chi connectivity index (χ3n) is 6.17. The lowest BCUT2D eigenvalue weighted by molar-refractivity contribution is -0.0501. The molecule has 0 aromatic carbocycles. The highest BCUT2D eigenvalue weighted by molar-refractivity contribution is 6.32. The second kappa shape index (κ2) is 11.0. The minimum atomic E-state index is -3.05. The van der Waals surface area contributed by atoms with Crippen LogP contribution in [0.2, 0.25) is 5.15 Å². The maximum atomic E-state index is 13.2. The molecule has 10 heteroatoms. The number of nitrogens with zero attached hydrogens (tertiary/aromatic N) is 3. The maximum Gasteiger partial charge on any atom is 0.387 e. The molecular weight excluding hydrogens is 466 g/mol. The van der Waals surface area contributed by atoms with Crippen LogP contribution in [0.1, 0.15) is 75.3 Å². The van der Waals surface area contributed by atoms with Crippen LogP contribution in [0.25, 0.3) is 5.82 Å². The molecule has 0 unspecified atom stereocenters. The van der Waals surface area contributed by atoms with Gasteiger partial charge in [0.05, 0.1) is 5.60 Å². The largest absolute Gasteiger partial charge is 0.431 e. The standard InChI is InChI=1S/C24H33ClF2N4O3/c1-5-18-30-19(22(32)29-13-24(33)8-6-15(4)7-9-24)20(25)31(18)21-17(34-23(26)27)11-16(12-28-21)10-14(2)3/h11-12,14-15,23,33H,5-10,13H2,1-4H3,(H,29,32). The summed E-state index contributed by atoms with van der Waals surface area (Å²) in [5.74, 6) is 0.590. The first kappa shape index (κ1) is 26.3. The quantitative estimate of drug-likeness (QED) is 0.510. The summed E-state index contributed by atoms with van der Waals surface area (Å²) in [5.41, 5.74) is -0.268. The molecule has 1 saturated carbocycles. The van der Waals surface area contributed by atoms with Gasteiger partial charge in [0.15, 0.2) is 17.3 Å². The van der Waals surface area contributed by atoms with Crippen LogP contribution in [0, 0.1) is 11.8 Å². The molecule has 2 heterocycles. The fourth-order valence-electron chi connectivity index (χ4n) is 4.26. The summed E-state index contributed by atoms with van der Waals surface area (Å²) in [4.78, 5) is 21.6. The van der Waals surface area contributed by atoms with E-state index in [0.717, 1.165) is 18.4 Å². The van der Waals surface area contributed by atoms with Crippen molar-refractivity contribution in [2.24, 2.45) is 11.8 Å². The maximum absolute atomic E-state index is 13.2. The molecule has 0 atom stereocenters. The predicted molar refractivity (Wildman–Crippen MR) is 126 cm³/mol. The molecule has 188 valence electrons. The van der Waals surface area contributed by atoms with Crippen molar-refractivity contribution in [1.82, 2.24) is 19.9 Å². The molecule has 0 radical (unpaired) electrons. The van der Waals surface area contributed by atoms with Crippen molar-refractivity contribution in [3.63, 3.8) is 0 Å². The number of nitrogens with one attached hydrogen (secondary N) is 1. The summed E-state index contributed by atoms with van der Waals surface area (Å²) in [6.07, 6.45) is 5.61. The summed E-state index contributed by atoms with van der Waals surface area (Å²) in [5, 5.41) is 13.5. The van der Waals surface area contributed by atoms with Crippen LogP contribution >= 0.6 is 11.6 Å². The van der Waals surface area contributed by atoms with E-state index in [4.69, 9.17) is 16.3 Å². The van der Waals surface area contributed by atoms with Crippen molar-refractivity contribution in [3.8, 4) is 11.6 Å². The molecule has 0 aliphatic heterocycles. The number of ether oxygens (including phenoxy) is 1. The van der Waals surface area contributed by atoms with E-state index < -0.39 is 18.1 Å². The molecule has 7 nitrogen and oxygen atoms in total. The molecule has 34 heavy (non-hydrogen) atoms. The summed E-state index contributed by atoms with van der Waals surface area (Å²) >= 11 is 6.54. The number of carbonyl (C=O) groups is 1. The normalized spacial score (nSPS) is 20.7. The number of aliphatic hydroxyl groups is 1. The van der Waals surface area contributed by atoms with Crippen LogP contribution in [-0.4, -0.2) is 44.3 Å². The molecular formula is C24H33ClF2N4O3. The van der Waals surface area contributed by atoms with Crippen molar-refractivity contribution in [2.75, 3.05) is 6.54 Å². The Morgan fingerprint density at radius 2 is 2.06 bits per heavy atom. The fraction of sp³-hybridized carbons (Fsp3) is 0.625. The minimum Gasteiger partial charge on any atom is -0.431 e. The molecule has 1 aliphatic rings. The lowest BCUT2D eigenvalue weighted by atomic mass is 9.79. The number of aromatic nitrogens is 3. The summed E-state index contributed by atoms with van der Waals surface area (Å²) in [6.45, 7) is 5.02. The van der Waals surface area contributed by atoms with Crippen LogP contribution in [0.15, 0.2) is 12.3 Å². The lowest BCUT2D eigenvalue weighted by Gasteiger charge is -2.34. The average molecular weight is 499 g/mol. The highest BCUT2D eigenvalue weighted by Crippen LogP contribution is 2.33. The smallest absolute Gasteiger partial charge is 0.387 e. The molecule has 2 aromatic heterocycles. The zero-order chi connectivity index (χ0) is 25.0. The van der Waals surface area contributed by atoms with Gasteiger partial charge in [-0.25, -0.2) is 9.97 Å². The van der Waals surface area contributed by atoms with E-state index in [9.17, 15) is 18.7 Å². The van der Waals surface area contributed by atoms with Gasteiger partial charge in [-0.05, 0) is 55.6 Å². The summed E-state index contributed by atoms with van der Waals surface area (Å²) in [6, 6.07) is 1.52. The number of alkyl halides is 2. The van der Waals surface area contributed by atoms with E-state index in [1.54, 1.807) is 6.20 Å². The van der Waals surface area contributed by atoms with Gasteiger partial charge in [0.1, 0.15) is 11.0 Å². The molecule has 1 fully saturated rings. The SMILES string of the molecule is CCc1nc(C(=O)NCC2(O)CCC(C)CC2)c(Cl)n1-c1ncc(CC(C)C)cc1OC(F)F. The molecule has 0 saturated heterocycles. The molecule has 3 rings (SSSR count). The first-order valence-corrected chi connectivity index (χ1v) is 12.1. The molecule has 2 N–H and O–H groups in total. The molecule has 1 amide bonds. The van der Waals surface area contributed by atoms with Gasteiger partial charge in [0.2, 0.25) is 0 Å². The third kappa shape index (κ3) is 6.24. The Hall–Kier alpha value is -2.26. The van der Waals surface area contributed by atoms with Gasteiger partial charge in [-0.1, -0.05) is 39.3 Å². The number of aryl methyl sites for hydroxylation is 1. The molecule has 0 spiro atoms. The Labute approximate surface area is 203 Å². The Morgan fingerprint density at radius 1 is 1.38 bits per heavy atom. The number of imidazole rings is 1. The number of halogens is 3. The van der Waals surface area contributed by atoms with E-state index in [2.05, 4.69) is 22.2 Å². The van der Waals surface area contributed by atoms with Gasteiger partial charge in [-0.3, -0.25) is 9.36 Å². The highest BCUT2D eigenvalue weighted by atomic mass is 35.5. The van der Waals surface area contributed by atoms with Gasteiger partial charge >= 0.3 is 6.61 Å². The van der Waals surface area contributed by atoms with Crippen molar-refractivity contribution < 1.29 is 23.4 Å². The van der Waals surface area contributed by atoms with Crippen molar-refractivity contribution >= 4 is 17.5 Å². The monoisotopic (exact) mass is 498 g/mol. The lowest BCUT2D eigenvalue weighted by Crippen LogP contribution is -2.45. The summed E-state index contributed by atoms with van der Waals surface area (Å²) in [7, 11) is 0. The van der Waals surface area contributed by atoms with Crippen LogP contribution in [0.5, 0.6) is 5.75 Å². The first-order chi connectivity index (χ1) is 16.0. The average Bonchev–Trinajstić information content (AvgIpc) is 3.10. The van der Waals surface area contributed by atoms with Crippen molar-refractivity contribution in [1.29, 1.82) is 0 Å². The number of amides is 1. The van der Waals surface area contributed by atoms with Crippen molar-refractivity contribution in [3.05, 3.63) is 34.5 Å². The van der Waals surface area contributed by atoms with Gasteiger partial charge in [0.25, 0.3) is 5.91 Å². The summed E-state index contributed by atoms with van der Waals surface area (Å²) < 4.78 is 32.5. The Balaban J connectivity index is 1.90. The zero-order valence-corrected chi connectivity index (χ0v) is 20.8. The van der Waals surface area contributed by atoms with E-state index >= 15 is 0 Å². The third-order valence-corrected chi connectivity index (χ3v) is 6.51. The van der Waals surface area contributed by atoms with Crippen LogP contribution in [0.4, 0.5) is 8.78 Å². The fourth-order valence-corrected chi connectivity index (χ4v) is 4.56. The van der Waals surface area contributed by atoms with Crippen LogP contribution < -0.4 is 10.1 Å². The topological polar surface area (TPSA) is 89.3 Å². The van der Waals surface area contributed by atoms with Crippen molar-refractivity contribution in [2.45, 2.75) is 78.4 Å². The van der Waals surface area contributed by atoms with Gasteiger partial charge in [-0.15, -0.1) is 0 Å². The number of pyridine rings is 1. The number of carbonyl (C=O) groups excluding carboxylic acids is 1. The zero-order valence-electron chi connectivity index (χ0n) is 20.1. The Bertz CT molecular complexity index is 1000. The van der Waals surface area contributed by atoms with Crippen LogP contribution in [0.3, 0.4) is 0 Å². The van der Waals surface area contributed by atoms with E-state index in [1.165, 1.54) is 10.6 Å². The highest BCUT2D eigenvalue weighted by Gasteiger charge is 2.33. The number of hydrogen-bond donors (Lipinski definition) is 2. The van der Waals surface area contributed by atoms with Gasteiger partial charge in [0, 0.05) is 19.2 Å². The second-order valence-electron chi connectivity index (χ2n) is 9.59. The second-order valence-corrected chi connectivity index (χ2v) is 9.95.